The van der Waals surface area contributed by atoms with Gasteiger partial charge in [0, 0.05) is 25.0 Å². The maximum Gasteiger partial charge on any atom is 0.420 e. The van der Waals surface area contributed by atoms with Crippen molar-refractivity contribution < 1.29 is 9.21 Å². The summed E-state index contributed by atoms with van der Waals surface area (Å²) in [5.74, 6) is -0.183. The predicted octanol–water partition coefficient (Wildman–Crippen LogP) is 4.32. The van der Waals surface area contributed by atoms with E-state index < -0.39 is 11.8 Å². The number of amides is 1. The fourth-order valence-electron chi connectivity index (χ4n) is 3.58. The molecule has 0 saturated carbocycles. The lowest BCUT2D eigenvalue weighted by Gasteiger charge is -2.11. The lowest BCUT2D eigenvalue weighted by Crippen LogP contribution is -2.29. The zero-order valence-corrected chi connectivity index (χ0v) is 18.2. The lowest BCUT2D eigenvalue weighted by atomic mass is 10.1. The van der Waals surface area contributed by atoms with E-state index in [-0.39, 0.29) is 5.91 Å². The Morgan fingerprint density at radius 3 is 2.62 bits per heavy atom. The molecule has 0 saturated heterocycles. The number of thiazole rings is 1. The highest BCUT2D eigenvalue weighted by Gasteiger charge is 2.24. The van der Waals surface area contributed by atoms with Crippen molar-refractivity contribution in [2.75, 3.05) is 5.32 Å². The van der Waals surface area contributed by atoms with Crippen LogP contribution in [-0.4, -0.2) is 25.0 Å². The highest BCUT2D eigenvalue weighted by molar-refractivity contribution is 7.19. The summed E-state index contributed by atoms with van der Waals surface area (Å²) < 4.78 is 8.52. The van der Waals surface area contributed by atoms with Crippen LogP contribution in [0, 0.1) is 0 Å². The number of aromatic nitrogens is 4. The van der Waals surface area contributed by atoms with Crippen molar-refractivity contribution in [2.45, 2.75) is 13.0 Å². The number of fused-ring (bicyclic) bond motifs is 1. The minimum atomic E-state index is -0.785. The molecule has 9 heteroatoms. The average molecular weight is 446 g/mol. The third-order valence-electron chi connectivity index (χ3n) is 5.21. The van der Waals surface area contributed by atoms with Gasteiger partial charge in [0.2, 0.25) is 5.91 Å². The van der Waals surface area contributed by atoms with Crippen molar-refractivity contribution in [3.63, 3.8) is 0 Å². The van der Waals surface area contributed by atoms with E-state index in [9.17, 15) is 9.59 Å². The van der Waals surface area contributed by atoms with Crippen molar-refractivity contribution in [1.82, 2.24) is 19.1 Å². The number of hydrogen-bond acceptors (Lipinski definition) is 6. The molecule has 0 radical (unpaired) electrons. The number of para-hydroxylation sites is 2. The van der Waals surface area contributed by atoms with Crippen LogP contribution in [-0.2, 0) is 11.8 Å². The Kier molecular flexibility index (Phi) is 4.95. The molecule has 2 aromatic carbocycles. The third-order valence-corrected chi connectivity index (χ3v) is 6.18. The fraction of sp³-hybridized carbons (Fsp3) is 0.130. The molecule has 32 heavy (non-hydrogen) atoms. The number of anilines is 1. The fourth-order valence-corrected chi connectivity index (χ4v) is 4.61. The van der Waals surface area contributed by atoms with E-state index in [1.165, 1.54) is 15.9 Å². The molecule has 160 valence electrons. The van der Waals surface area contributed by atoms with Gasteiger partial charge in [-0.3, -0.25) is 9.36 Å². The molecule has 0 spiro atoms. The Morgan fingerprint density at radius 1 is 1.12 bits per heavy atom. The number of imidazole rings is 1. The van der Waals surface area contributed by atoms with Gasteiger partial charge in [-0.25, -0.2) is 14.8 Å². The number of nitrogens with zero attached hydrogens (tertiary/aromatic N) is 4. The molecule has 0 fully saturated rings. The van der Waals surface area contributed by atoms with Gasteiger partial charge in [-0.05, 0) is 19.1 Å². The summed E-state index contributed by atoms with van der Waals surface area (Å²) in [5, 5.41) is 3.29. The zero-order valence-electron chi connectivity index (χ0n) is 17.4. The Bertz CT molecular complexity index is 1480. The molecule has 8 nitrogen and oxygen atoms in total. The lowest BCUT2D eigenvalue weighted by molar-refractivity contribution is -0.118. The number of rotatable bonds is 5. The third kappa shape index (κ3) is 3.42. The average Bonchev–Trinajstić information content (AvgIpc) is 3.49. The molecule has 1 N–H and O–H groups in total. The largest absolute Gasteiger partial charge is 0.420 e. The molecule has 1 amide bonds. The molecule has 5 aromatic rings. The molecule has 0 aliphatic rings. The minimum absolute atomic E-state index is 0.363. The van der Waals surface area contributed by atoms with Crippen LogP contribution in [0.25, 0.3) is 33.1 Å². The number of hydrogen-bond donors (Lipinski definition) is 1. The SMILES string of the molecule is CC(C(=O)Nc1nc(-c2ccccc2)c(-c2nccn2C)s1)n1c(=O)oc2ccccc21. The minimum Gasteiger partial charge on any atom is -0.408 e. The van der Waals surface area contributed by atoms with Crippen LogP contribution in [0.4, 0.5) is 5.13 Å². The first kappa shape index (κ1) is 20.0. The Morgan fingerprint density at radius 2 is 1.88 bits per heavy atom. The van der Waals surface area contributed by atoms with E-state index in [1.807, 2.05) is 48.1 Å². The number of carbonyl (C=O) groups excluding carboxylic acids is 1. The Hall–Kier alpha value is -3.98. The predicted molar refractivity (Wildman–Crippen MR) is 124 cm³/mol. The maximum absolute atomic E-state index is 13.1. The summed E-state index contributed by atoms with van der Waals surface area (Å²) in [4.78, 5) is 35.4. The normalized spacial score (nSPS) is 12.2. The number of benzene rings is 2. The van der Waals surface area contributed by atoms with Crippen LogP contribution in [0.5, 0.6) is 0 Å². The first-order chi connectivity index (χ1) is 15.5. The topological polar surface area (TPSA) is 95.0 Å². The highest BCUT2D eigenvalue weighted by atomic mass is 32.1. The van der Waals surface area contributed by atoms with Crippen molar-refractivity contribution in [2.24, 2.45) is 7.05 Å². The van der Waals surface area contributed by atoms with Crippen molar-refractivity contribution >= 4 is 33.5 Å². The summed E-state index contributed by atoms with van der Waals surface area (Å²) in [7, 11) is 1.91. The van der Waals surface area contributed by atoms with Gasteiger partial charge in [0.05, 0.1) is 16.1 Å². The molecule has 1 atom stereocenters. The first-order valence-electron chi connectivity index (χ1n) is 9.98. The molecule has 3 heterocycles. The van der Waals surface area contributed by atoms with Crippen molar-refractivity contribution in [3.8, 4) is 22.0 Å². The van der Waals surface area contributed by atoms with Gasteiger partial charge < -0.3 is 14.3 Å². The Balaban J connectivity index is 1.51. The zero-order chi connectivity index (χ0) is 22.2. The quantitative estimate of drug-likeness (QED) is 0.435. The molecular formula is C23H19N5O3S. The van der Waals surface area contributed by atoms with Crippen LogP contribution in [0.3, 0.4) is 0 Å². The van der Waals surface area contributed by atoms with E-state index in [2.05, 4.69) is 15.3 Å². The van der Waals surface area contributed by atoms with Crippen molar-refractivity contribution in [1.29, 1.82) is 0 Å². The molecule has 1 unspecified atom stereocenters. The van der Waals surface area contributed by atoms with Gasteiger partial charge in [-0.2, -0.15) is 0 Å². The first-order valence-corrected chi connectivity index (χ1v) is 10.8. The number of nitrogens with one attached hydrogen (secondary N) is 1. The van der Waals surface area contributed by atoms with E-state index >= 15 is 0 Å². The summed E-state index contributed by atoms with van der Waals surface area (Å²) in [6.45, 7) is 1.66. The van der Waals surface area contributed by atoms with Crippen LogP contribution < -0.4 is 11.1 Å². The molecular weight excluding hydrogens is 426 g/mol. The van der Waals surface area contributed by atoms with E-state index in [4.69, 9.17) is 4.42 Å². The van der Waals surface area contributed by atoms with Crippen LogP contribution in [0.1, 0.15) is 13.0 Å². The molecule has 3 aromatic heterocycles. The van der Waals surface area contributed by atoms with Gasteiger partial charge in [0.1, 0.15) is 6.04 Å². The Labute approximate surface area is 186 Å². The van der Waals surface area contributed by atoms with Gasteiger partial charge in [-0.15, -0.1) is 0 Å². The van der Waals surface area contributed by atoms with E-state index in [0.717, 1.165) is 22.0 Å². The van der Waals surface area contributed by atoms with Crippen LogP contribution >= 0.6 is 11.3 Å². The number of aryl methyl sites for hydroxylation is 1. The maximum atomic E-state index is 13.1. The van der Waals surface area contributed by atoms with Gasteiger partial charge >= 0.3 is 5.76 Å². The summed E-state index contributed by atoms with van der Waals surface area (Å²) in [6.07, 6.45) is 3.58. The number of carbonyl (C=O) groups is 1. The van der Waals surface area contributed by atoms with E-state index in [1.54, 1.807) is 37.4 Å². The molecule has 5 rings (SSSR count). The molecule has 0 bridgehead atoms. The van der Waals surface area contributed by atoms with Gasteiger partial charge in [0.25, 0.3) is 0 Å². The summed E-state index contributed by atoms with van der Waals surface area (Å²) in [6, 6.07) is 16.0. The second kappa shape index (κ2) is 7.93. The van der Waals surface area contributed by atoms with Gasteiger partial charge in [-0.1, -0.05) is 53.8 Å². The molecule has 0 aliphatic heterocycles. The van der Waals surface area contributed by atoms with Crippen LogP contribution in [0.2, 0.25) is 0 Å². The van der Waals surface area contributed by atoms with Crippen molar-refractivity contribution in [3.05, 3.63) is 77.5 Å². The summed E-state index contributed by atoms with van der Waals surface area (Å²) >= 11 is 1.34. The van der Waals surface area contributed by atoms with Gasteiger partial charge in [0.15, 0.2) is 16.5 Å². The summed E-state index contributed by atoms with van der Waals surface area (Å²) in [5.41, 5.74) is 2.67. The monoisotopic (exact) mass is 445 g/mol. The second-order valence-corrected chi connectivity index (χ2v) is 8.29. The smallest absolute Gasteiger partial charge is 0.408 e. The van der Waals surface area contributed by atoms with E-state index in [0.29, 0.717) is 16.2 Å². The number of oxazole rings is 1. The second-order valence-electron chi connectivity index (χ2n) is 7.30. The standard InChI is InChI=1S/C23H19N5O3S/c1-14(28-16-10-6-7-11-17(16)31-23(28)30)21(29)26-22-25-18(15-8-4-3-5-9-15)19(32-22)20-24-12-13-27(20)2/h3-14H,1-2H3,(H,25,26,29). The highest BCUT2D eigenvalue weighted by Crippen LogP contribution is 2.38. The van der Waals surface area contributed by atoms with Crippen LogP contribution in [0.15, 0.2) is 76.2 Å². The molecule has 0 aliphatic carbocycles.